The van der Waals surface area contributed by atoms with Gasteiger partial charge >= 0.3 is 6.03 Å². The lowest BCUT2D eigenvalue weighted by molar-refractivity contribution is 0.225. The summed E-state index contributed by atoms with van der Waals surface area (Å²) in [5.74, 6) is 1.19. The SMILES string of the molecule is COc1cc(-c2ccc3c(c2NC(=O)N=[S-](=O)c2cnn4c2OCCC4)[C@H](C)C3)ccn1. The van der Waals surface area contributed by atoms with E-state index in [1.807, 2.05) is 18.2 Å². The molecule has 3 aromatic rings. The summed E-state index contributed by atoms with van der Waals surface area (Å²) < 4.78 is 29.1. The molecule has 1 aliphatic heterocycles. The van der Waals surface area contributed by atoms with Crippen LogP contribution in [0.1, 0.15) is 30.4 Å². The number of ether oxygens (including phenoxy) is 2. The quantitative estimate of drug-likeness (QED) is 0.596. The van der Waals surface area contributed by atoms with Crippen molar-refractivity contribution in [3.63, 3.8) is 0 Å². The number of hydrogen-bond donors (Lipinski definition) is 1. The zero-order valence-electron chi connectivity index (χ0n) is 17.7. The van der Waals surface area contributed by atoms with Gasteiger partial charge in [0.05, 0.1) is 19.4 Å². The van der Waals surface area contributed by atoms with Gasteiger partial charge in [0.15, 0.2) is 5.88 Å². The van der Waals surface area contributed by atoms with Gasteiger partial charge in [-0.05, 0) is 40.0 Å². The van der Waals surface area contributed by atoms with Gasteiger partial charge in [-0.25, -0.2) is 14.5 Å². The molecule has 1 aliphatic carbocycles. The summed E-state index contributed by atoms with van der Waals surface area (Å²) in [5.41, 5.74) is 4.61. The van der Waals surface area contributed by atoms with Gasteiger partial charge in [-0.15, -0.1) is 10.6 Å². The molecule has 1 N–H and O–H groups in total. The molecule has 0 fully saturated rings. The number of nitrogens with one attached hydrogen (secondary N) is 1. The van der Waals surface area contributed by atoms with Crippen LogP contribution < -0.4 is 14.8 Å². The highest BCUT2D eigenvalue weighted by atomic mass is 32.2. The number of aryl methyl sites for hydroxylation is 1. The molecule has 2 aromatic heterocycles. The Hall–Kier alpha value is -3.40. The number of carbonyl (C=O) groups excluding carboxylic acids is 1. The van der Waals surface area contributed by atoms with Crippen LogP contribution in [0.25, 0.3) is 11.1 Å². The number of aromatic nitrogens is 3. The largest absolute Gasteiger partial charge is 0.481 e. The van der Waals surface area contributed by atoms with Gasteiger partial charge < -0.3 is 23.4 Å². The first kappa shape index (κ1) is 20.5. The van der Waals surface area contributed by atoms with E-state index in [0.29, 0.717) is 41.4 Å². The van der Waals surface area contributed by atoms with Crippen molar-refractivity contribution in [3.8, 4) is 22.9 Å². The molecule has 9 nitrogen and oxygen atoms in total. The Kier molecular flexibility index (Phi) is 5.30. The first-order chi connectivity index (χ1) is 15.5. The molecule has 2 aliphatic rings. The van der Waals surface area contributed by atoms with Gasteiger partial charge in [0.25, 0.3) is 0 Å². The molecule has 0 saturated heterocycles. The minimum atomic E-state index is -1.93. The molecule has 1 atom stereocenters. The number of carbonyl (C=O) groups is 1. The summed E-state index contributed by atoms with van der Waals surface area (Å²) in [7, 11) is -0.372. The number of pyridine rings is 1. The van der Waals surface area contributed by atoms with E-state index in [-0.39, 0.29) is 0 Å². The Morgan fingerprint density at radius 3 is 3.06 bits per heavy atom. The topological polar surface area (TPSA) is 108 Å². The van der Waals surface area contributed by atoms with E-state index in [2.05, 4.69) is 32.8 Å². The second-order valence-electron chi connectivity index (χ2n) is 7.76. The number of anilines is 1. The average Bonchev–Trinajstić information content (AvgIpc) is 3.22. The van der Waals surface area contributed by atoms with Gasteiger partial charge in [0.1, 0.15) is 0 Å². The van der Waals surface area contributed by atoms with Crippen molar-refractivity contribution >= 4 is 22.3 Å². The number of hydrogen-bond acceptors (Lipinski definition) is 7. The molecule has 2 amide bonds. The Balaban J connectivity index is 1.49. The van der Waals surface area contributed by atoms with E-state index in [1.165, 1.54) is 11.8 Å². The normalized spacial score (nSPS) is 17.5. The highest BCUT2D eigenvalue weighted by molar-refractivity contribution is 7.75. The van der Waals surface area contributed by atoms with Crippen molar-refractivity contribution in [1.82, 2.24) is 14.8 Å². The second-order valence-corrected chi connectivity index (χ2v) is 8.88. The predicted octanol–water partition coefficient (Wildman–Crippen LogP) is 4.13. The maximum Gasteiger partial charge on any atom is 0.322 e. The number of methoxy groups -OCH3 is 1. The average molecular weight is 453 g/mol. The third-order valence-corrected chi connectivity index (χ3v) is 6.70. The van der Waals surface area contributed by atoms with Crippen LogP contribution in [0.3, 0.4) is 0 Å². The fourth-order valence-electron chi connectivity index (χ4n) is 4.19. The summed E-state index contributed by atoms with van der Waals surface area (Å²) in [6.07, 6.45) is 4.88. The minimum absolute atomic E-state index is 0.297. The fraction of sp³-hybridized carbons (Fsp3) is 0.318. The maximum absolute atomic E-state index is 12.8. The van der Waals surface area contributed by atoms with Crippen molar-refractivity contribution in [2.45, 2.75) is 37.1 Å². The third-order valence-electron chi connectivity index (χ3n) is 5.71. The van der Waals surface area contributed by atoms with E-state index >= 15 is 0 Å². The molecule has 0 bridgehead atoms. The molecule has 3 heterocycles. The van der Waals surface area contributed by atoms with Crippen LogP contribution in [0.5, 0.6) is 11.8 Å². The molecule has 0 spiro atoms. The lowest BCUT2D eigenvalue weighted by Crippen LogP contribution is -2.20. The lowest BCUT2D eigenvalue weighted by Gasteiger charge is -2.31. The van der Waals surface area contributed by atoms with E-state index in [1.54, 1.807) is 18.0 Å². The molecule has 166 valence electrons. The van der Waals surface area contributed by atoms with Crippen LogP contribution in [-0.2, 0) is 27.8 Å². The van der Waals surface area contributed by atoms with Gasteiger partial charge in [-0.1, -0.05) is 19.1 Å². The summed E-state index contributed by atoms with van der Waals surface area (Å²) in [5, 5.41) is 7.06. The van der Waals surface area contributed by atoms with Crippen molar-refractivity contribution in [2.75, 3.05) is 19.0 Å². The van der Waals surface area contributed by atoms with E-state index < -0.39 is 16.6 Å². The number of amides is 2. The molecule has 32 heavy (non-hydrogen) atoms. The molecular formula is C22H22N5O4S-. The predicted molar refractivity (Wildman–Crippen MR) is 118 cm³/mol. The number of nitrogens with zero attached hydrogens (tertiary/aromatic N) is 4. The molecule has 0 unspecified atom stereocenters. The Morgan fingerprint density at radius 1 is 1.38 bits per heavy atom. The maximum atomic E-state index is 12.8. The monoisotopic (exact) mass is 452 g/mol. The van der Waals surface area contributed by atoms with Crippen LogP contribution in [0.4, 0.5) is 10.5 Å². The van der Waals surface area contributed by atoms with Crippen LogP contribution in [0, 0.1) is 0 Å². The Bertz CT molecular complexity index is 1300. The third kappa shape index (κ3) is 3.60. The van der Waals surface area contributed by atoms with Crippen molar-refractivity contribution < 1.29 is 18.5 Å². The Labute approximate surface area is 187 Å². The zero-order valence-corrected chi connectivity index (χ0v) is 18.5. The Morgan fingerprint density at radius 2 is 2.25 bits per heavy atom. The second kappa shape index (κ2) is 8.27. The first-order valence-electron chi connectivity index (χ1n) is 10.3. The molecule has 0 radical (unpaired) electrons. The van der Waals surface area contributed by atoms with Gasteiger partial charge in [0, 0.05) is 37.0 Å². The van der Waals surface area contributed by atoms with Crippen LogP contribution >= 0.6 is 0 Å². The van der Waals surface area contributed by atoms with Gasteiger partial charge in [-0.3, -0.25) is 0 Å². The van der Waals surface area contributed by atoms with Crippen LogP contribution in [0.15, 0.2) is 45.9 Å². The number of fused-ring (bicyclic) bond motifs is 2. The molecular weight excluding hydrogens is 430 g/mol. The lowest BCUT2D eigenvalue weighted by atomic mass is 9.76. The molecule has 0 saturated carbocycles. The summed E-state index contributed by atoms with van der Waals surface area (Å²) in [6, 6.07) is 7.02. The smallest absolute Gasteiger partial charge is 0.322 e. The summed E-state index contributed by atoms with van der Waals surface area (Å²) in [4.78, 5) is 17.3. The number of rotatable bonds is 4. The first-order valence-corrected chi connectivity index (χ1v) is 11.4. The molecule has 10 heteroatoms. The van der Waals surface area contributed by atoms with Crippen LogP contribution in [-0.4, -0.2) is 34.5 Å². The summed E-state index contributed by atoms with van der Waals surface area (Å²) in [6.45, 7) is 3.32. The fourth-order valence-corrected chi connectivity index (χ4v) is 4.93. The molecule has 5 rings (SSSR count). The summed E-state index contributed by atoms with van der Waals surface area (Å²) >= 11 is 0. The van der Waals surface area contributed by atoms with Crippen molar-refractivity contribution in [3.05, 3.63) is 47.8 Å². The number of urea groups is 1. The van der Waals surface area contributed by atoms with E-state index in [4.69, 9.17) is 9.47 Å². The van der Waals surface area contributed by atoms with Gasteiger partial charge in [0.2, 0.25) is 5.88 Å². The highest BCUT2D eigenvalue weighted by Gasteiger charge is 2.28. The van der Waals surface area contributed by atoms with Crippen molar-refractivity contribution in [1.29, 1.82) is 0 Å². The minimum Gasteiger partial charge on any atom is -0.481 e. The van der Waals surface area contributed by atoms with Gasteiger partial charge in [-0.2, -0.15) is 5.10 Å². The van der Waals surface area contributed by atoms with Crippen molar-refractivity contribution in [2.24, 2.45) is 4.36 Å². The number of benzene rings is 1. The highest BCUT2D eigenvalue weighted by Crippen LogP contribution is 2.45. The standard InChI is InChI=1S/C22H22N5O4S/c1-13-10-15-4-5-16(14-6-7-23-18(11-14)30-2)20(19(13)15)25-22(28)26-32(29)17-12-24-27-8-3-9-31-21(17)27/h4-7,11-13H,3,8-10H2,1-2H3,(H,25,28)/q-1/t13-/m1/s1. The van der Waals surface area contributed by atoms with Crippen LogP contribution in [0.2, 0.25) is 0 Å². The van der Waals surface area contributed by atoms with E-state index in [0.717, 1.165) is 29.5 Å². The zero-order chi connectivity index (χ0) is 22.2. The molecule has 1 aromatic carbocycles. The van der Waals surface area contributed by atoms with E-state index in [9.17, 15) is 9.00 Å².